The first-order valence-electron chi connectivity index (χ1n) is 5.38. The van der Waals surface area contributed by atoms with Gasteiger partial charge >= 0.3 is 0 Å². The van der Waals surface area contributed by atoms with Crippen LogP contribution in [-0.2, 0) is 11.3 Å². The number of carbonyl (C=O) groups is 1. The van der Waals surface area contributed by atoms with Crippen molar-refractivity contribution in [2.24, 2.45) is 5.92 Å². The zero-order valence-corrected chi connectivity index (χ0v) is 10.5. The summed E-state index contributed by atoms with van der Waals surface area (Å²) in [5, 5.41) is 1.56. The predicted molar refractivity (Wildman–Crippen MR) is 60.1 cm³/mol. The van der Waals surface area contributed by atoms with E-state index in [-0.39, 0.29) is 17.6 Å². The fourth-order valence-corrected chi connectivity index (χ4v) is 2.09. The highest BCUT2D eigenvalue weighted by atomic mass is 79.9. The highest BCUT2D eigenvalue weighted by Gasteiger charge is 2.34. The summed E-state index contributed by atoms with van der Waals surface area (Å²) in [6.45, 7) is 0.497. The number of hydrogen-bond donors (Lipinski definition) is 2. The van der Waals surface area contributed by atoms with Crippen LogP contribution in [0.2, 0.25) is 0 Å². The molecular weight excluding hydrogens is 291 g/mol. The summed E-state index contributed by atoms with van der Waals surface area (Å²) in [6.07, 6.45) is 3.25. The minimum atomic E-state index is -0.350. The summed E-state index contributed by atoms with van der Waals surface area (Å²) in [6, 6.07) is 1.69. The number of amides is 1. The van der Waals surface area contributed by atoms with Gasteiger partial charge in [0.25, 0.3) is 0 Å². The van der Waals surface area contributed by atoms with Crippen LogP contribution in [0.15, 0.2) is 16.7 Å². The zero-order chi connectivity index (χ0) is 12.0. The lowest BCUT2D eigenvalue weighted by Crippen LogP contribution is -2.53. The standard InChI is InChI=1S/C10H10BrFN4O/c11-8-3-7-4-16(13-10(17)6-1-2-6)14-15(7)5-9(8)12/h3,5-6,14H,1-2,4H2/p+1. The molecule has 2 heterocycles. The van der Waals surface area contributed by atoms with Crippen LogP contribution in [0, 0.1) is 11.7 Å². The molecule has 0 saturated heterocycles. The molecule has 1 aliphatic carbocycles. The normalized spacial score (nSPS) is 18.7. The predicted octanol–water partition coefficient (Wildman–Crippen LogP) is 0.591. The second-order valence-corrected chi connectivity index (χ2v) is 5.12. The van der Waals surface area contributed by atoms with Crippen molar-refractivity contribution >= 4 is 21.8 Å². The van der Waals surface area contributed by atoms with Crippen molar-refractivity contribution in [3.8, 4) is 0 Å². The number of carbonyl (C=O) groups excluding carboxylic acids is 1. The molecule has 17 heavy (non-hydrogen) atoms. The third-order valence-corrected chi connectivity index (χ3v) is 3.42. The Bertz CT molecular complexity index is 460. The first-order valence-corrected chi connectivity index (χ1v) is 6.17. The van der Waals surface area contributed by atoms with Crippen LogP contribution in [0.3, 0.4) is 0 Å². The molecule has 0 radical (unpaired) electrons. The summed E-state index contributed by atoms with van der Waals surface area (Å²) < 4.78 is 15.3. The fraction of sp³-hybridized carbons (Fsp3) is 0.400. The number of fused-ring (bicyclic) bond motifs is 1. The largest absolute Gasteiger partial charge is 0.273 e. The van der Waals surface area contributed by atoms with Gasteiger partial charge < -0.3 is 0 Å². The van der Waals surface area contributed by atoms with E-state index in [0.717, 1.165) is 18.5 Å². The van der Waals surface area contributed by atoms with Crippen molar-refractivity contribution in [3.05, 3.63) is 28.2 Å². The number of hydrogen-bond acceptors (Lipinski definition) is 3. The van der Waals surface area contributed by atoms with Crippen molar-refractivity contribution < 1.29 is 13.9 Å². The molecular formula is C10H11BrFN4O+. The van der Waals surface area contributed by atoms with Gasteiger partial charge in [0.05, 0.1) is 4.47 Å². The van der Waals surface area contributed by atoms with Crippen LogP contribution in [0.4, 0.5) is 4.39 Å². The number of nitrogens with one attached hydrogen (secondary N) is 2. The molecule has 2 aliphatic rings. The number of halogens is 2. The van der Waals surface area contributed by atoms with Gasteiger partial charge in [-0.3, -0.25) is 10.2 Å². The quantitative estimate of drug-likeness (QED) is 0.786. The Balaban J connectivity index is 1.71. The minimum absolute atomic E-state index is 0.0189. The SMILES string of the molecule is O=C(NN1Cc2cc(Br)c(F)c[n+]2N1)C1CC1. The van der Waals surface area contributed by atoms with E-state index in [1.165, 1.54) is 6.20 Å². The third-order valence-electron chi connectivity index (χ3n) is 2.82. The summed E-state index contributed by atoms with van der Waals surface area (Å²) in [4.78, 5) is 11.6. The fourth-order valence-electron chi connectivity index (χ4n) is 1.72. The topological polar surface area (TPSA) is 48.3 Å². The molecule has 0 spiro atoms. The molecule has 1 aliphatic heterocycles. The molecule has 7 heteroatoms. The molecule has 0 aromatic carbocycles. The number of aromatic nitrogens is 1. The molecule has 1 amide bonds. The number of pyridine rings is 1. The van der Waals surface area contributed by atoms with Crippen molar-refractivity contribution in [1.82, 2.24) is 10.5 Å². The Morgan fingerprint density at radius 2 is 2.41 bits per heavy atom. The van der Waals surface area contributed by atoms with E-state index in [4.69, 9.17) is 0 Å². The van der Waals surface area contributed by atoms with Gasteiger partial charge in [-0.1, -0.05) is 15.3 Å². The summed E-state index contributed by atoms with van der Waals surface area (Å²) in [7, 11) is 0. The Morgan fingerprint density at radius 3 is 3.12 bits per heavy atom. The Kier molecular flexibility index (Phi) is 2.52. The maximum absolute atomic E-state index is 13.3. The molecule has 1 aromatic rings. The van der Waals surface area contributed by atoms with Gasteiger partial charge in [0.1, 0.15) is 6.54 Å². The molecule has 90 valence electrons. The third kappa shape index (κ3) is 2.12. The van der Waals surface area contributed by atoms with E-state index in [1.807, 2.05) is 0 Å². The molecule has 3 rings (SSSR count). The number of rotatable bonds is 2. The van der Waals surface area contributed by atoms with Crippen LogP contribution in [0.5, 0.6) is 0 Å². The van der Waals surface area contributed by atoms with E-state index in [1.54, 1.807) is 15.9 Å². The van der Waals surface area contributed by atoms with E-state index >= 15 is 0 Å². The molecule has 0 atom stereocenters. The smallest absolute Gasteiger partial charge is 0.238 e. The van der Waals surface area contributed by atoms with Crippen molar-refractivity contribution in [2.75, 3.05) is 5.53 Å². The van der Waals surface area contributed by atoms with Crippen LogP contribution in [0.25, 0.3) is 0 Å². The van der Waals surface area contributed by atoms with Crippen molar-refractivity contribution in [1.29, 1.82) is 0 Å². The van der Waals surface area contributed by atoms with E-state index in [0.29, 0.717) is 11.0 Å². The van der Waals surface area contributed by atoms with Crippen LogP contribution >= 0.6 is 15.9 Å². The van der Waals surface area contributed by atoms with Gasteiger partial charge in [-0.25, -0.2) is 0 Å². The molecule has 0 bridgehead atoms. The van der Waals surface area contributed by atoms with Crippen molar-refractivity contribution in [2.45, 2.75) is 19.4 Å². The van der Waals surface area contributed by atoms with E-state index in [9.17, 15) is 9.18 Å². The lowest BCUT2D eigenvalue weighted by atomic mass is 10.3. The second kappa shape index (κ2) is 3.92. The summed E-state index contributed by atoms with van der Waals surface area (Å²) >= 11 is 3.13. The lowest BCUT2D eigenvalue weighted by Gasteiger charge is -2.11. The van der Waals surface area contributed by atoms with Gasteiger partial charge in [0, 0.05) is 12.0 Å². The van der Waals surface area contributed by atoms with Gasteiger partial charge in [-0.15, -0.1) is 0 Å². The molecule has 1 aromatic heterocycles. The van der Waals surface area contributed by atoms with Gasteiger partial charge in [-0.2, -0.15) is 4.39 Å². The van der Waals surface area contributed by atoms with Gasteiger partial charge in [0.15, 0.2) is 0 Å². The van der Waals surface area contributed by atoms with Crippen LogP contribution in [0.1, 0.15) is 18.5 Å². The van der Waals surface area contributed by atoms with Crippen LogP contribution < -0.4 is 15.6 Å². The summed E-state index contributed by atoms with van der Waals surface area (Å²) in [5.41, 5.74) is 6.49. The molecule has 1 fully saturated rings. The van der Waals surface area contributed by atoms with Gasteiger partial charge in [0.2, 0.25) is 23.6 Å². The molecule has 5 nitrogen and oxygen atoms in total. The highest BCUT2D eigenvalue weighted by Crippen LogP contribution is 2.28. The molecule has 2 N–H and O–H groups in total. The van der Waals surface area contributed by atoms with E-state index < -0.39 is 0 Å². The number of nitrogens with zero attached hydrogens (tertiary/aromatic N) is 2. The molecule has 0 unspecified atom stereocenters. The monoisotopic (exact) mass is 301 g/mol. The molecule has 1 saturated carbocycles. The Morgan fingerprint density at radius 1 is 1.65 bits per heavy atom. The maximum Gasteiger partial charge on any atom is 0.238 e. The maximum atomic E-state index is 13.3. The lowest BCUT2D eigenvalue weighted by molar-refractivity contribution is -0.658. The zero-order valence-electron chi connectivity index (χ0n) is 8.91. The van der Waals surface area contributed by atoms with Crippen LogP contribution in [-0.4, -0.2) is 11.0 Å². The number of hydrazine groups is 2. The van der Waals surface area contributed by atoms with Gasteiger partial charge in [-0.05, 0) is 28.8 Å². The van der Waals surface area contributed by atoms with E-state index in [2.05, 4.69) is 26.9 Å². The first-order chi connectivity index (χ1) is 8.13. The first kappa shape index (κ1) is 10.9. The average Bonchev–Trinajstić information content (AvgIpc) is 3.04. The summed E-state index contributed by atoms with van der Waals surface area (Å²) in [5.74, 6) is -0.184. The Hall–Kier alpha value is -1.21. The minimum Gasteiger partial charge on any atom is -0.273 e. The highest BCUT2D eigenvalue weighted by molar-refractivity contribution is 9.10. The van der Waals surface area contributed by atoms with Crippen molar-refractivity contribution in [3.63, 3.8) is 0 Å². The Labute approximate surface area is 106 Å². The second-order valence-electron chi connectivity index (χ2n) is 4.27. The average molecular weight is 302 g/mol.